The zero-order valence-corrected chi connectivity index (χ0v) is 15.5. The number of hydrogen-bond acceptors (Lipinski definition) is 6. The minimum Gasteiger partial charge on any atom is -0.490 e. The van der Waals surface area contributed by atoms with Crippen LogP contribution in [0.2, 0.25) is 0 Å². The Morgan fingerprint density at radius 2 is 1.89 bits per heavy atom. The first kappa shape index (κ1) is 18.7. The summed E-state index contributed by atoms with van der Waals surface area (Å²) in [5, 5.41) is 8.97. The molecule has 0 bridgehead atoms. The molecule has 0 aromatic heterocycles. The quantitative estimate of drug-likeness (QED) is 0.708. The molecular weight excluding hydrogens is 368 g/mol. The summed E-state index contributed by atoms with van der Waals surface area (Å²) in [6, 6.07) is 12.2. The van der Waals surface area contributed by atoms with Gasteiger partial charge in [-0.2, -0.15) is 13.7 Å². The molecule has 0 radical (unpaired) electrons. The second kappa shape index (κ2) is 7.68. The molecule has 3 rings (SSSR count). The Hall–Kier alpha value is -3.05. The van der Waals surface area contributed by atoms with Gasteiger partial charge in [-0.05, 0) is 49.7 Å². The Morgan fingerprint density at radius 3 is 2.48 bits per heavy atom. The van der Waals surface area contributed by atoms with Gasteiger partial charge in [0, 0.05) is 24.7 Å². The first-order valence-electron chi connectivity index (χ1n) is 8.46. The molecular formula is C19H18N2O5S. The summed E-state index contributed by atoms with van der Waals surface area (Å²) < 4.78 is 35.8. The Kier molecular flexibility index (Phi) is 5.33. The number of nitriles is 1. The van der Waals surface area contributed by atoms with Crippen molar-refractivity contribution < 1.29 is 22.1 Å². The SMILES string of the molecule is CCOc1cc(C#N)ccc1OS(=O)(=O)c1ccc(N2CCCC2=O)cc1. The van der Waals surface area contributed by atoms with Gasteiger partial charge in [0.25, 0.3) is 0 Å². The average Bonchev–Trinajstić information content (AvgIpc) is 3.09. The van der Waals surface area contributed by atoms with Crippen molar-refractivity contribution in [2.45, 2.75) is 24.7 Å². The Bertz CT molecular complexity index is 994. The van der Waals surface area contributed by atoms with E-state index < -0.39 is 10.1 Å². The van der Waals surface area contributed by atoms with Crippen LogP contribution in [0.15, 0.2) is 47.4 Å². The maximum atomic E-state index is 12.6. The van der Waals surface area contributed by atoms with E-state index in [1.165, 1.54) is 30.3 Å². The minimum atomic E-state index is -4.09. The predicted octanol–water partition coefficient (Wildman–Crippen LogP) is 2.85. The Balaban J connectivity index is 1.85. The van der Waals surface area contributed by atoms with Crippen LogP contribution in [0.4, 0.5) is 5.69 Å². The fourth-order valence-electron chi connectivity index (χ4n) is 2.79. The number of carbonyl (C=O) groups is 1. The summed E-state index contributed by atoms with van der Waals surface area (Å²) >= 11 is 0. The monoisotopic (exact) mass is 386 g/mol. The van der Waals surface area contributed by atoms with E-state index in [4.69, 9.17) is 14.2 Å². The summed E-state index contributed by atoms with van der Waals surface area (Å²) in [5.41, 5.74) is 0.993. The number of carbonyl (C=O) groups excluding carboxylic acids is 1. The molecule has 0 saturated carbocycles. The van der Waals surface area contributed by atoms with Crippen molar-refractivity contribution in [2.75, 3.05) is 18.1 Å². The number of benzene rings is 2. The van der Waals surface area contributed by atoms with E-state index in [0.29, 0.717) is 30.8 Å². The highest BCUT2D eigenvalue weighted by Gasteiger charge is 2.23. The van der Waals surface area contributed by atoms with Gasteiger partial charge in [0.05, 0.1) is 18.2 Å². The van der Waals surface area contributed by atoms with Gasteiger partial charge in [-0.3, -0.25) is 4.79 Å². The lowest BCUT2D eigenvalue weighted by Gasteiger charge is -2.16. The maximum Gasteiger partial charge on any atom is 0.339 e. The first-order chi connectivity index (χ1) is 12.9. The van der Waals surface area contributed by atoms with Crippen LogP contribution in [0.25, 0.3) is 0 Å². The Labute approximate surface area is 157 Å². The van der Waals surface area contributed by atoms with Crippen LogP contribution in [0, 0.1) is 11.3 Å². The molecule has 27 heavy (non-hydrogen) atoms. The van der Waals surface area contributed by atoms with Gasteiger partial charge in [0.1, 0.15) is 4.90 Å². The highest BCUT2D eigenvalue weighted by Crippen LogP contribution is 2.31. The maximum absolute atomic E-state index is 12.6. The highest BCUT2D eigenvalue weighted by atomic mass is 32.2. The molecule has 7 nitrogen and oxygen atoms in total. The molecule has 1 aliphatic rings. The minimum absolute atomic E-state index is 0.00893. The lowest BCUT2D eigenvalue weighted by atomic mass is 10.2. The number of ether oxygens (including phenoxy) is 1. The summed E-state index contributed by atoms with van der Waals surface area (Å²) in [4.78, 5) is 13.4. The molecule has 0 aliphatic carbocycles. The van der Waals surface area contributed by atoms with Crippen LogP contribution in [-0.4, -0.2) is 27.5 Å². The molecule has 2 aromatic rings. The third kappa shape index (κ3) is 4.04. The van der Waals surface area contributed by atoms with Crippen LogP contribution in [0.1, 0.15) is 25.3 Å². The summed E-state index contributed by atoms with van der Waals surface area (Å²) in [6.45, 7) is 2.67. The summed E-state index contributed by atoms with van der Waals surface area (Å²) in [5.74, 6) is 0.217. The lowest BCUT2D eigenvalue weighted by Crippen LogP contribution is -2.23. The van der Waals surface area contributed by atoms with Gasteiger partial charge in [-0.15, -0.1) is 0 Å². The predicted molar refractivity (Wildman–Crippen MR) is 98.2 cm³/mol. The molecule has 0 atom stereocenters. The zero-order chi connectivity index (χ0) is 19.4. The molecule has 1 aliphatic heterocycles. The first-order valence-corrected chi connectivity index (χ1v) is 9.87. The van der Waals surface area contributed by atoms with E-state index in [2.05, 4.69) is 0 Å². The van der Waals surface area contributed by atoms with E-state index in [1.54, 1.807) is 24.0 Å². The van der Waals surface area contributed by atoms with Crippen molar-refractivity contribution in [1.29, 1.82) is 5.26 Å². The van der Waals surface area contributed by atoms with Gasteiger partial charge in [-0.25, -0.2) is 0 Å². The Morgan fingerprint density at radius 1 is 1.15 bits per heavy atom. The fourth-order valence-corrected chi connectivity index (χ4v) is 3.73. The molecule has 1 heterocycles. The van der Waals surface area contributed by atoms with E-state index in [0.717, 1.165) is 6.42 Å². The third-order valence-electron chi connectivity index (χ3n) is 4.08. The van der Waals surface area contributed by atoms with Crippen LogP contribution >= 0.6 is 0 Å². The van der Waals surface area contributed by atoms with Gasteiger partial charge >= 0.3 is 10.1 Å². The van der Waals surface area contributed by atoms with Crippen LogP contribution in [-0.2, 0) is 14.9 Å². The summed E-state index contributed by atoms with van der Waals surface area (Å²) in [6.07, 6.45) is 1.29. The molecule has 0 unspecified atom stereocenters. The highest BCUT2D eigenvalue weighted by molar-refractivity contribution is 7.87. The zero-order valence-electron chi connectivity index (χ0n) is 14.7. The topological polar surface area (TPSA) is 96.7 Å². The molecule has 8 heteroatoms. The van der Waals surface area contributed by atoms with Crippen LogP contribution < -0.4 is 13.8 Å². The molecule has 140 valence electrons. The van der Waals surface area contributed by atoms with Gasteiger partial charge in [-0.1, -0.05) is 0 Å². The van der Waals surface area contributed by atoms with Crippen LogP contribution in [0.3, 0.4) is 0 Å². The van der Waals surface area contributed by atoms with E-state index in [1.807, 2.05) is 6.07 Å². The fraction of sp³-hybridized carbons (Fsp3) is 0.263. The summed E-state index contributed by atoms with van der Waals surface area (Å²) in [7, 11) is -4.09. The average molecular weight is 386 g/mol. The second-order valence-corrected chi connectivity index (χ2v) is 7.43. The van der Waals surface area contributed by atoms with E-state index in [-0.39, 0.29) is 22.3 Å². The smallest absolute Gasteiger partial charge is 0.339 e. The molecule has 0 spiro atoms. The normalized spacial score (nSPS) is 14.1. The van der Waals surface area contributed by atoms with E-state index in [9.17, 15) is 13.2 Å². The van der Waals surface area contributed by atoms with Gasteiger partial charge < -0.3 is 13.8 Å². The molecule has 0 N–H and O–H groups in total. The largest absolute Gasteiger partial charge is 0.490 e. The number of rotatable bonds is 6. The molecule has 1 saturated heterocycles. The van der Waals surface area contributed by atoms with Gasteiger partial charge in [0.15, 0.2) is 11.5 Å². The molecule has 1 amide bonds. The van der Waals surface area contributed by atoms with Gasteiger partial charge in [0.2, 0.25) is 5.91 Å². The van der Waals surface area contributed by atoms with Crippen molar-refractivity contribution in [1.82, 2.24) is 0 Å². The van der Waals surface area contributed by atoms with Crippen molar-refractivity contribution >= 4 is 21.7 Å². The second-order valence-electron chi connectivity index (χ2n) is 5.89. The van der Waals surface area contributed by atoms with Crippen molar-refractivity contribution in [3.8, 4) is 17.6 Å². The molecule has 2 aromatic carbocycles. The lowest BCUT2D eigenvalue weighted by molar-refractivity contribution is -0.117. The number of anilines is 1. The standard InChI is InChI=1S/C19H18N2O5S/c1-2-25-18-12-14(13-20)5-10-17(18)26-27(23,24)16-8-6-15(7-9-16)21-11-3-4-19(21)22/h5-10,12H,2-4,11H2,1H3. The van der Waals surface area contributed by atoms with Crippen molar-refractivity contribution in [3.05, 3.63) is 48.0 Å². The third-order valence-corrected chi connectivity index (χ3v) is 5.33. The van der Waals surface area contributed by atoms with Crippen LogP contribution in [0.5, 0.6) is 11.5 Å². The van der Waals surface area contributed by atoms with Crippen molar-refractivity contribution in [3.63, 3.8) is 0 Å². The number of hydrogen-bond donors (Lipinski definition) is 0. The molecule has 1 fully saturated rings. The number of amides is 1. The number of nitrogens with zero attached hydrogens (tertiary/aromatic N) is 2. The van der Waals surface area contributed by atoms with Crippen molar-refractivity contribution in [2.24, 2.45) is 0 Å². The van der Waals surface area contributed by atoms with E-state index >= 15 is 0 Å².